The van der Waals surface area contributed by atoms with Crippen LogP contribution in [0.15, 0.2) is 27.0 Å². The van der Waals surface area contributed by atoms with Gasteiger partial charge in [0.15, 0.2) is 5.76 Å². The fourth-order valence-electron chi connectivity index (χ4n) is 1.09. The molecule has 0 amide bonds. The highest BCUT2D eigenvalue weighted by Crippen LogP contribution is 2.20. The van der Waals surface area contributed by atoms with E-state index in [0.29, 0.717) is 5.76 Å². The summed E-state index contributed by atoms with van der Waals surface area (Å²) in [5, 5.41) is 15.8. The SMILES string of the molecule is Cc1ccc(-c2nnc(/C=C/C(=O)O)o2)o1. The lowest BCUT2D eigenvalue weighted by atomic mass is 10.4. The molecule has 0 saturated carbocycles. The highest BCUT2D eigenvalue weighted by Gasteiger charge is 2.10. The molecule has 2 heterocycles. The van der Waals surface area contributed by atoms with Crippen molar-refractivity contribution in [3.63, 3.8) is 0 Å². The van der Waals surface area contributed by atoms with Gasteiger partial charge in [-0.15, -0.1) is 10.2 Å². The molecule has 82 valence electrons. The number of hydrogen-bond acceptors (Lipinski definition) is 5. The summed E-state index contributed by atoms with van der Waals surface area (Å²) in [6.45, 7) is 1.80. The number of aryl methyl sites for hydroxylation is 1. The predicted molar refractivity (Wildman–Crippen MR) is 53.4 cm³/mol. The number of carboxylic acids is 1. The van der Waals surface area contributed by atoms with Crippen LogP contribution >= 0.6 is 0 Å². The highest BCUT2D eigenvalue weighted by atomic mass is 16.4. The van der Waals surface area contributed by atoms with Gasteiger partial charge in [-0.05, 0) is 19.1 Å². The van der Waals surface area contributed by atoms with Gasteiger partial charge in [0, 0.05) is 12.2 Å². The van der Waals surface area contributed by atoms with E-state index in [1.54, 1.807) is 19.1 Å². The fraction of sp³-hybridized carbons (Fsp3) is 0.100. The first-order valence-electron chi connectivity index (χ1n) is 4.46. The molecule has 0 saturated heterocycles. The Kier molecular flexibility index (Phi) is 2.55. The third-order valence-corrected chi connectivity index (χ3v) is 1.76. The molecule has 0 aromatic carbocycles. The summed E-state index contributed by atoms with van der Waals surface area (Å²) in [6.07, 6.45) is 2.14. The van der Waals surface area contributed by atoms with E-state index in [-0.39, 0.29) is 11.8 Å². The van der Waals surface area contributed by atoms with Gasteiger partial charge in [-0.1, -0.05) is 0 Å². The van der Waals surface area contributed by atoms with E-state index in [0.717, 1.165) is 11.8 Å². The topological polar surface area (TPSA) is 89.4 Å². The molecule has 0 atom stereocenters. The zero-order chi connectivity index (χ0) is 11.5. The maximum Gasteiger partial charge on any atom is 0.328 e. The van der Waals surface area contributed by atoms with Crippen molar-refractivity contribution in [2.75, 3.05) is 0 Å². The first kappa shape index (κ1) is 10.2. The van der Waals surface area contributed by atoms with Gasteiger partial charge in [-0.25, -0.2) is 4.79 Å². The van der Waals surface area contributed by atoms with E-state index in [1.165, 1.54) is 6.08 Å². The van der Waals surface area contributed by atoms with Gasteiger partial charge >= 0.3 is 5.97 Å². The Balaban J connectivity index is 2.23. The molecule has 0 spiro atoms. The molecule has 0 radical (unpaired) electrons. The first-order chi connectivity index (χ1) is 7.65. The number of carboxylic acid groups (broad SMARTS) is 1. The third-order valence-electron chi connectivity index (χ3n) is 1.76. The summed E-state index contributed by atoms with van der Waals surface area (Å²) in [4.78, 5) is 10.3. The number of rotatable bonds is 3. The van der Waals surface area contributed by atoms with Crippen molar-refractivity contribution >= 4 is 12.0 Å². The molecule has 0 bridgehead atoms. The van der Waals surface area contributed by atoms with Crippen LogP contribution in [0, 0.1) is 6.92 Å². The van der Waals surface area contributed by atoms with Crippen LogP contribution in [0.3, 0.4) is 0 Å². The minimum absolute atomic E-state index is 0.117. The second-order valence-corrected chi connectivity index (χ2v) is 3.03. The molecule has 0 aliphatic rings. The number of aromatic nitrogens is 2. The Morgan fingerprint density at radius 3 is 2.81 bits per heavy atom. The van der Waals surface area contributed by atoms with Crippen molar-refractivity contribution in [3.8, 4) is 11.7 Å². The molecule has 2 rings (SSSR count). The van der Waals surface area contributed by atoms with Crippen LogP contribution in [-0.2, 0) is 4.79 Å². The normalized spacial score (nSPS) is 11.1. The van der Waals surface area contributed by atoms with Gasteiger partial charge in [-0.3, -0.25) is 0 Å². The Bertz CT molecular complexity index is 539. The number of aliphatic carboxylic acids is 1. The average molecular weight is 220 g/mol. The molecule has 0 aliphatic carbocycles. The van der Waals surface area contributed by atoms with E-state index >= 15 is 0 Å². The molecular weight excluding hydrogens is 212 g/mol. The summed E-state index contributed by atoms with van der Waals surface area (Å²) in [5.74, 6) is 0.453. The van der Waals surface area contributed by atoms with Crippen molar-refractivity contribution in [1.29, 1.82) is 0 Å². The molecule has 2 aromatic rings. The largest absolute Gasteiger partial charge is 0.478 e. The van der Waals surface area contributed by atoms with Crippen LogP contribution in [0.2, 0.25) is 0 Å². The second kappa shape index (κ2) is 4.01. The number of furan rings is 1. The van der Waals surface area contributed by atoms with E-state index in [4.69, 9.17) is 13.9 Å². The maximum absolute atomic E-state index is 10.3. The molecule has 16 heavy (non-hydrogen) atoms. The van der Waals surface area contributed by atoms with Gasteiger partial charge in [0.2, 0.25) is 5.89 Å². The molecule has 6 nitrogen and oxygen atoms in total. The third kappa shape index (κ3) is 2.17. The van der Waals surface area contributed by atoms with E-state index in [1.807, 2.05) is 0 Å². The number of nitrogens with zero attached hydrogens (tertiary/aromatic N) is 2. The minimum atomic E-state index is -1.08. The zero-order valence-electron chi connectivity index (χ0n) is 8.38. The molecule has 1 N–H and O–H groups in total. The van der Waals surface area contributed by atoms with Gasteiger partial charge in [0.05, 0.1) is 0 Å². The van der Waals surface area contributed by atoms with Crippen molar-refractivity contribution in [2.24, 2.45) is 0 Å². The zero-order valence-corrected chi connectivity index (χ0v) is 8.38. The van der Waals surface area contributed by atoms with Crippen LogP contribution in [0.25, 0.3) is 17.7 Å². The Labute approximate surface area is 90.2 Å². The Hall–Kier alpha value is -2.37. The summed E-state index contributed by atoms with van der Waals surface area (Å²) in [6, 6.07) is 3.47. The first-order valence-corrected chi connectivity index (χ1v) is 4.46. The quantitative estimate of drug-likeness (QED) is 0.792. The summed E-state index contributed by atoms with van der Waals surface area (Å²) in [7, 11) is 0. The maximum atomic E-state index is 10.3. The smallest absolute Gasteiger partial charge is 0.328 e. The van der Waals surface area contributed by atoms with Gasteiger partial charge < -0.3 is 13.9 Å². The molecule has 2 aromatic heterocycles. The van der Waals surface area contributed by atoms with Crippen LogP contribution in [-0.4, -0.2) is 21.3 Å². The molecule has 0 fully saturated rings. The van der Waals surface area contributed by atoms with Gasteiger partial charge in [0.1, 0.15) is 5.76 Å². The summed E-state index contributed by atoms with van der Waals surface area (Å²) < 4.78 is 10.4. The highest BCUT2D eigenvalue weighted by molar-refractivity contribution is 5.84. The monoisotopic (exact) mass is 220 g/mol. The van der Waals surface area contributed by atoms with E-state index < -0.39 is 5.97 Å². The van der Waals surface area contributed by atoms with Crippen molar-refractivity contribution < 1.29 is 18.7 Å². The standard InChI is InChI=1S/C10H8N2O4/c1-6-2-3-7(15-6)10-12-11-8(16-10)4-5-9(13)14/h2-5H,1H3,(H,13,14)/b5-4+. The average Bonchev–Trinajstić information content (AvgIpc) is 2.83. The lowest BCUT2D eigenvalue weighted by Gasteiger charge is -1.85. The van der Waals surface area contributed by atoms with Crippen molar-refractivity contribution in [1.82, 2.24) is 10.2 Å². The summed E-state index contributed by atoms with van der Waals surface area (Å²) >= 11 is 0. The lowest BCUT2D eigenvalue weighted by molar-refractivity contribution is -0.131. The second-order valence-electron chi connectivity index (χ2n) is 3.03. The van der Waals surface area contributed by atoms with E-state index in [2.05, 4.69) is 10.2 Å². The van der Waals surface area contributed by atoms with Crippen molar-refractivity contribution in [3.05, 3.63) is 29.9 Å². The van der Waals surface area contributed by atoms with Crippen LogP contribution in [0.4, 0.5) is 0 Å². The Morgan fingerprint density at radius 2 is 2.19 bits per heavy atom. The number of carbonyl (C=O) groups is 1. The van der Waals surface area contributed by atoms with E-state index in [9.17, 15) is 4.79 Å². The molecular formula is C10H8N2O4. The predicted octanol–water partition coefficient (Wildman–Crippen LogP) is 1.74. The van der Waals surface area contributed by atoms with Crippen LogP contribution < -0.4 is 0 Å². The molecule has 0 unspecified atom stereocenters. The van der Waals surface area contributed by atoms with Crippen molar-refractivity contribution in [2.45, 2.75) is 6.92 Å². The van der Waals surface area contributed by atoms with Crippen LogP contribution in [0.1, 0.15) is 11.7 Å². The molecule has 6 heteroatoms. The molecule has 0 aliphatic heterocycles. The van der Waals surface area contributed by atoms with Gasteiger partial charge in [-0.2, -0.15) is 0 Å². The Morgan fingerprint density at radius 1 is 1.38 bits per heavy atom. The minimum Gasteiger partial charge on any atom is -0.478 e. The summed E-state index contributed by atoms with van der Waals surface area (Å²) in [5.41, 5.74) is 0. The fourth-order valence-corrected chi connectivity index (χ4v) is 1.09. The van der Waals surface area contributed by atoms with Crippen LogP contribution in [0.5, 0.6) is 0 Å². The lowest BCUT2D eigenvalue weighted by Crippen LogP contribution is -1.85. The number of hydrogen-bond donors (Lipinski definition) is 1. The van der Waals surface area contributed by atoms with Gasteiger partial charge in [0.25, 0.3) is 5.89 Å².